The zero-order valence-corrected chi connectivity index (χ0v) is 11.2. The van der Waals surface area contributed by atoms with E-state index in [2.05, 4.69) is 10.1 Å². The van der Waals surface area contributed by atoms with E-state index in [0.717, 1.165) is 19.4 Å². The number of phenols is 1. The van der Waals surface area contributed by atoms with Crippen LogP contribution in [0.3, 0.4) is 0 Å². The lowest BCUT2D eigenvalue weighted by Crippen LogP contribution is -2.09. The number of benzene rings is 1. The summed E-state index contributed by atoms with van der Waals surface area (Å²) < 4.78 is 15.8. The number of ether oxygens (including phenoxy) is 2. The molecule has 1 saturated heterocycles. The minimum absolute atomic E-state index is 0.00214. The first kappa shape index (κ1) is 12.9. The minimum atomic E-state index is 0.00214. The van der Waals surface area contributed by atoms with Gasteiger partial charge in [0.25, 0.3) is 5.89 Å². The highest BCUT2D eigenvalue weighted by Crippen LogP contribution is 2.35. The number of methoxy groups -OCH3 is 1. The summed E-state index contributed by atoms with van der Waals surface area (Å²) in [6, 6.07) is 5.14. The summed E-state index contributed by atoms with van der Waals surface area (Å²) in [7, 11) is 1.50. The van der Waals surface area contributed by atoms with Crippen LogP contribution in [-0.2, 0) is 11.2 Å². The van der Waals surface area contributed by atoms with Gasteiger partial charge in [-0.1, -0.05) is 11.2 Å². The molecule has 6 nitrogen and oxygen atoms in total. The lowest BCUT2D eigenvalue weighted by Gasteiger charge is -2.05. The Morgan fingerprint density at radius 1 is 1.45 bits per heavy atom. The van der Waals surface area contributed by atoms with Crippen molar-refractivity contribution >= 4 is 0 Å². The first-order valence-electron chi connectivity index (χ1n) is 6.58. The van der Waals surface area contributed by atoms with Crippen LogP contribution < -0.4 is 4.74 Å². The Hall–Kier alpha value is -2.08. The molecule has 106 valence electrons. The van der Waals surface area contributed by atoms with Crippen LogP contribution in [0.5, 0.6) is 11.5 Å². The van der Waals surface area contributed by atoms with Gasteiger partial charge >= 0.3 is 0 Å². The van der Waals surface area contributed by atoms with E-state index in [0.29, 0.717) is 23.6 Å². The number of nitrogens with zero attached hydrogens (tertiary/aromatic N) is 2. The third kappa shape index (κ3) is 2.46. The molecule has 6 heteroatoms. The van der Waals surface area contributed by atoms with Crippen LogP contribution in [-0.4, -0.2) is 35.1 Å². The molecule has 1 N–H and O–H groups in total. The van der Waals surface area contributed by atoms with Crippen LogP contribution in [0.15, 0.2) is 22.7 Å². The van der Waals surface area contributed by atoms with Crippen molar-refractivity contribution in [3.63, 3.8) is 0 Å². The molecular formula is C14H16N2O4. The Labute approximate surface area is 116 Å². The maximum atomic E-state index is 10.1. The van der Waals surface area contributed by atoms with Gasteiger partial charge in [-0.25, -0.2) is 0 Å². The van der Waals surface area contributed by atoms with Gasteiger partial charge < -0.3 is 19.1 Å². The summed E-state index contributed by atoms with van der Waals surface area (Å²) in [6.45, 7) is 0.798. The Bertz CT molecular complexity index is 591. The molecule has 2 aromatic rings. The highest BCUT2D eigenvalue weighted by molar-refractivity contribution is 5.66. The van der Waals surface area contributed by atoms with E-state index in [9.17, 15) is 5.11 Å². The molecule has 0 saturated carbocycles. The summed E-state index contributed by atoms with van der Waals surface area (Å²) in [5.74, 6) is 1.26. The fourth-order valence-electron chi connectivity index (χ4n) is 2.31. The zero-order chi connectivity index (χ0) is 13.9. The van der Waals surface area contributed by atoms with Crippen molar-refractivity contribution in [1.29, 1.82) is 0 Å². The van der Waals surface area contributed by atoms with E-state index in [1.54, 1.807) is 18.2 Å². The van der Waals surface area contributed by atoms with Crippen molar-refractivity contribution in [3.05, 3.63) is 24.0 Å². The Kier molecular flexibility index (Phi) is 3.56. The van der Waals surface area contributed by atoms with E-state index in [4.69, 9.17) is 14.0 Å². The second-order valence-corrected chi connectivity index (χ2v) is 4.71. The van der Waals surface area contributed by atoms with E-state index in [1.165, 1.54) is 7.11 Å². The van der Waals surface area contributed by atoms with E-state index < -0.39 is 0 Å². The molecule has 2 heterocycles. The van der Waals surface area contributed by atoms with Crippen molar-refractivity contribution in [2.45, 2.75) is 25.4 Å². The molecule has 1 aromatic carbocycles. The van der Waals surface area contributed by atoms with Crippen LogP contribution in [0.4, 0.5) is 0 Å². The quantitative estimate of drug-likeness (QED) is 0.922. The average Bonchev–Trinajstić information content (AvgIpc) is 3.11. The Morgan fingerprint density at radius 2 is 2.35 bits per heavy atom. The summed E-state index contributed by atoms with van der Waals surface area (Å²) in [4.78, 5) is 4.31. The second kappa shape index (κ2) is 5.50. The molecule has 0 aliphatic carbocycles. The topological polar surface area (TPSA) is 77.6 Å². The average molecular weight is 276 g/mol. The van der Waals surface area contributed by atoms with Gasteiger partial charge in [0.05, 0.1) is 18.8 Å². The third-order valence-electron chi connectivity index (χ3n) is 3.35. The predicted molar refractivity (Wildman–Crippen MR) is 70.6 cm³/mol. The van der Waals surface area contributed by atoms with Crippen LogP contribution in [0, 0.1) is 0 Å². The lowest BCUT2D eigenvalue weighted by molar-refractivity contribution is 0.109. The Balaban J connectivity index is 1.82. The van der Waals surface area contributed by atoms with Crippen molar-refractivity contribution in [1.82, 2.24) is 10.1 Å². The molecular weight excluding hydrogens is 260 g/mol. The van der Waals surface area contributed by atoms with Crippen LogP contribution in [0.25, 0.3) is 11.5 Å². The molecule has 1 unspecified atom stereocenters. The van der Waals surface area contributed by atoms with Crippen LogP contribution in [0.1, 0.15) is 18.7 Å². The standard InChI is InChI=1S/C14H16N2O4/c1-18-11-6-2-5-10(13(11)17)14-15-12(16-20-14)8-9-4-3-7-19-9/h2,5-6,9,17H,3-4,7-8H2,1H3. The predicted octanol–water partition coefficient (Wildman–Crippen LogP) is 2.17. The second-order valence-electron chi connectivity index (χ2n) is 4.71. The molecule has 20 heavy (non-hydrogen) atoms. The number of aromatic nitrogens is 2. The van der Waals surface area contributed by atoms with Gasteiger partial charge in [0.2, 0.25) is 0 Å². The minimum Gasteiger partial charge on any atom is -0.504 e. The molecule has 1 aromatic heterocycles. The smallest absolute Gasteiger partial charge is 0.261 e. The summed E-state index contributed by atoms with van der Waals surface area (Å²) in [5.41, 5.74) is 0.468. The van der Waals surface area contributed by atoms with Gasteiger partial charge in [0, 0.05) is 13.0 Å². The molecule has 0 spiro atoms. The van der Waals surface area contributed by atoms with Crippen molar-refractivity contribution < 1.29 is 19.1 Å². The van der Waals surface area contributed by atoms with E-state index in [-0.39, 0.29) is 17.7 Å². The molecule has 0 bridgehead atoms. The summed E-state index contributed by atoms with van der Waals surface area (Å²) in [5, 5.41) is 14.0. The highest BCUT2D eigenvalue weighted by Gasteiger charge is 2.21. The van der Waals surface area contributed by atoms with Gasteiger partial charge in [-0.2, -0.15) is 4.98 Å². The first-order chi connectivity index (χ1) is 9.78. The monoisotopic (exact) mass is 276 g/mol. The molecule has 1 atom stereocenters. The molecule has 1 aliphatic rings. The fraction of sp³-hybridized carbons (Fsp3) is 0.429. The summed E-state index contributed by atoms with van der Waals surface area (Å²) >= 11 is 0. The van der Waals surface area contributed by atoms with Crippen LogP contribution >= 0.6 is 0 Å². The molecule has 1 aliphatic heterocycles. The molecule has 0 amide bonds. The van der Waals surface area contributed by atoms with Crippen molar-refractivity contribution in [2.75, 3.05) is 13.7 Å². The van der Waals surface area contributed by atoms with Crippen LogP contribution in [0.2, 0.25) is 0 Å². The van der Waals surface area contributed by atoms with Gasteiger partial charge in [0.15, 0.2) is 17.3 Å². The largest absolute Gasteiger partial charge is 0.504 e. The van der Waals surface area contributed by atoms with E-state index in [1.807, 2.05) is 0 Å². The molecule has 3 rings (SSSR count). The van der Waals surface area contributed by atoms with Crippen molar-refractivity contribution in [2.24, 2.45) is 0 Å². The Morgan fingerprint density at radius 3 is 3.10 bits per heavy atom. The van der Waals surface area contributed by atoms with E-state index >= 15 is 0 Å². The molecule has 0 radical (unpaired) electrons. The fourth-order valence-corrected chi connectivity index (χ4v) is 2.31. The number of phenolic OH excluding ortho intramolecular Hbond substituents is 1. The summed E-state index contributed by atoms with van der Waals surface area (Å²) in [6.07, 6.45) is 2.90. The normalized spacial score (nSPS) is 18.4. The maximum absolute atomic E-state index is 10.1. The SMILES string of the molecule is COc1cccc(-c2nc(CC3CCCO3)no2)c1O. The van der Waals surface area contributed by atoms with Gasteiger partial charge in [-0.15, -0.1) is 0 Å². The highest BCUT2D eigenvalue weighted by atomic mass is 16.5. The number of para-hydroxylation sites is 1. The number of hydrogen-bond donors (Lipinski definition) is 1. The van der Waals surface area contributed by atoms with Gasteiger partial charge in [-0.3, -0.25) is 0 Å². The lowest BCUT2D eigenvalue weighted by atomic mass is 10.1. The zero-order valence-electron chi connectivity index (χ0n) is 11.2. The number of rotatable bonds is 4. The third-order valence-corrected chi connectivity index (χ3v) is 3.35. The van der Waals surface area contributed by atoms with Crippen molar-refractivity contribution in [3.8, 4) is 23.0 Å². The van der Waals surface area contributed by atoms with Gasteiger partial charge in [-0.05, 0) is 25.0 Å². The molecule has 1 fully saturated rings. The number of hydrogen-bond acceptors (Lipinski definition) is 6. The number of aromatic hydroxyl groups is 1. The van der Waals surface area contributed by atoms with Gasteiger partial charge in [0.1, 0.15) is 0 Å². The maximum Gasteiger partial charge on any atom is 0.261 e. The first-order valence-corrected chi connectivity index (χ1v) is 6.58.